The molecule has 2 nitrogen and oxygen atoms in total. The van der Waals surface area contributed by atoms with Gasteiger partial charge < -0.3 is 10.3 Å². The molecule has 0 radical (unpaired) electrons. The summed E-state index contributed by atoms with van der Waals surface area (Å²) in [6.07, 6.45) is 5.56. The molecule has 0 saturated carbocycles. The van der Waals surface area contributed by atoms with Gasteiger partial charge in [-0.3, -0.25) is 0 Å². The fourth-order valence-electron chi connectivity index (χ4n) is 2.62. The minimum absolute atomic E-state index is 0.270. The summed E-state index contributed by atoms with van der Waals surface area (Å²) in [5.41, 5.74) is 6.76. The summed E-state index contributed by atoms with van der Waals surface area (Å²) in [4.78, 5) is 3.34. The van der Waals surface area contributed by atoms with Crippen LogP contribution in [0.25, 0.3) is 17.7 Å². The predicted octanol–water partition coefficient (Wildman–Crippen LogP) is 5.18. The van der Waals surface area contributed by atoms with Crippen molar-refractivity contribution in [1.29, 1.82) is 0 Å². The van der Waals surface area contributed by atoms with Crippen LogP contribution in [-0.4, -0.2) is 12.0 Å². The first-order chi connectivity index (χ1) is 10.5. The molecule has 0 bridgehead atoms. The molecule has 1 aromatic heterocycles. The Morgan fingerprint density at radius 3 is 2.55 bits per heavy atom. The third kappa shape index (κ3) is 2.89. The molecule has 0 spiro atoms. The number of rotatable bonds is 5. The highest BCUT2D eigenvalue weighted by atomic mass is 19.1. The van der Waals surface area contributed by atoms with Gasteiger partial charge in [-0.2, -0.15) is 0 Å². The fourth-order valence-corrected chi connectivity index (χ4v) is 2.62. The molecule has 0 aliphatic heterocycles. The Hall–Kier alpha value is -2.55. The monoisotopic (exact) mass is 296 g/mol. The molecule has 2 rings (SSSR count). The lowest BCUT2D eigenvalue weighted by atomic mass is 10.0. The van der Waals surface area contributed by atoms with E-state index in [1.165, 1.54) is 12.1 Å². The third-order valence-corrected chi connectivity index (χ3v) is 3.82. The van der Waals surface area contributed by atoms with Gasteiger partial charge in [-0.05, 0) is 54.8 Å². The quantitative estimate of drug-likeness (QED) is 0.731. The lowest BCUT2D eigenvalue weighted by Crippen LogP contribution is -1.95. The minimum atomic E-state index is -0.270. The molecule has 0 atom stereocenters. The molecule has 0 aliphatic carbocycles. The number of benzene rings is 1. The highest BCUT2D eigenvalue weighted by Crippen LogP contribution is 2.29. The summed E-state index contributed by atoms with van der Waals surface area (Å²) >= 11 is 0. The van der Waals surface area contributed by atoms with Gasteiger partial charge >= 0.3 is 0 Å². The van der Waals surface area contributed by atoms with Gasteiger partial charge in [-0.1, -0.05) is 25.3 Å². The van der Waals surface area contributed by atoms with E-state index in [1.54, 1.807) is 12.1 Å². The number of allylic oxidation sites excluding steroid dienone is 2. The van der Waals surface area contributed by atoms with Crippen LogP contribution in [0.4, 0.5) is 10.1 Å². The van der Waals surface area contributed by atoms with Crippen LogP contribution >= 0.6 is 0 Å². The van der Waals surface area contributed by atoms with Gasteiger partial charge in [-0.15, -0.1) is 0 Å². The average molecular weight is 296 g/mol. The number of halogens is 1. The van der Waals surface area contributed by atoms with Gasteiger partial charge in [0.1, 0.15) is 5.82 Å². The van der Waals surface area contributed by atoms with Crippen molar-refractivity contribution < 1.29 is 4.39 Å². The van der Waals surface area contributed by atoms with Crippen molar-refractivity contribution in [1.82, 2.24) is 4.98 Å². The number of hydrogen-bond donors (Lipinski definition) is 2. The van der Waals surface area contributed by atoms with Crippen LogP contribution in [0.3, 0.4) is 0 Å². The summed E-state index contributed by atoms with van der Waals surface area (Å²) in [7, 11) is 1.82. The summed E-state index contributed by atoms with van der Waals surface area (Å²) in [6, 6.07) is 4.68. The summed E-state index contributed by atoms with van der Waals surface area (Å²) in [5, 5.41) is 3.08. The molecule has 114 valence electrons. The topological polar surface area (TPSA) is 27.8 Å². The standard InChI is InChI=1S/C19H21FN2/c1-6-14(17-11-15(20)8-9-18(17)21-5)10-19-12(3)16(7-2)13(4)22-19/h6-11,21-22H,1-2H2,3-5H3/b14-10+. The number of nitrogens with one attached hydrogen (secondary N) is 2. The van der Waals surface area contributed by atoms with E-state index in [2.05, 4.69) is 23.5 Å². The van der Waals surface area contributed by atoms with Crippen molar-refractivity contribution >= 4 is 23.4 Å². The smallest absolute Gasteiger partial charge is 0.123 e. The summed E-state index contributed by atoms with van der Waals surface area (Å²) in [5.74, 6) is -0.270. The number of anilines is 1. The molecule has 1 aromatic carbocycles. The van der Waals surface area contributed by atoms with Gasteiger partial charge in [-0.25, -0.2) is 4.39 Å². The van der Waals surface area contributed by atoms with Crippen molar-refractivity contribution in [2.45, 2.75) is 13.8 Å². The molecule has 1 heterocycles. The van der Waals surface area contributed by atoms with Crippen molar-refractivity contribution in [3.8, 4) is 0 Å². The summed E-state index contributed by atoms with van der Waals surface area (Å²) < 4.78 is 13.6. The van der Waals surface area contributed by atoms with E-state index < -0.39 is 0 Å². The highest BCUT2D eigenvalue weighted by Gasteiger charge is 2.10. The zero-order valence-electron chi connectivity index (χ0n) is 13.3. The first kappa shape index (κ1) is 15.8. The maximum absolute atomic E-state index is 13.6. The second-order valence-electron chi connectivity index (χ2n) is 5.15. The number of hydrogen-bond acceptors (Lipinski definition) is 1. The molecule has 0 saturated heterocycles. The van der Waals surface area contributed by atoms with E-state index in [1.807, 2.05) is 33.0 Å². The van der Waals surface area contributed by atoms with Gasteiger partial charge in [0.25, 0.3) is 0 Å². The predicted molar refractivity (Wildman–Crippen MR) is 94.4 cm³/mol. The van der Waals surface area contributed by atoms with Crippen LogP contribution in [-0.2, 0) is 0 Å². The van der Waals surface area contributed by atoms with Crippen LogP contribution in [0, 0.1) is 19.7 Å². The minimum Gasteiger partial charge on any atom is -0.388 e. The molecule has 0 fully saturated rings. The Balaban J connectivity index is 2.60. The molecule has 2 N–H and O–H groups in total. The van der Waals surface area contributed by atoms with Gasteiger partial charge in [0, 0.05) is 29.7 Å². The SMILES string of the molecule is C=C/C(=C\c1[nH]c(C)c(C=C)c1C)c1cc(F)ccc1NC. The fraction of sp³-hybridized carbons (Fsp3) is 0.158. The molecule has 3 heteroatoms. The van der Waals surface area contributed by atoms with E-state index >= 15 is 0 Å². The third-order valence-electron chi connectivity index (χ3n) is 3.82. The molecule has 22 heavy (non-hydrogen) atoms. The van der Waals surface area contributed by atoms with E-state index in [0.717, 1.165) is 39.3 Å². The molecule has 0 unspecified atom stereocenters. The molecule has 0 aliphatic rings. The van der Waals surface area contributed by atoms with Gasteiger partial charge in [0.05, 0.1) is 0 Å². The van der Waals surface area contributed by atoms with Crippen molar-refractivity contribution in [3.05, 3.63) is 71.3 Å². The molecule has 0 amide bonds. The molecule has 2 aromatic rings. The normalized spacial score (nSPS) is 11.4. The number of aromatic nitrogens is 1. The van der Waals surface area contributed by atoms with E-state index in [4.69, 9.17) is 0 Å². The lowest BCUT2D eigenvalue weighted by Gasteiger charge is -2.10. The van der Waals surface area contributed by atoms with Crippen LogP contribution in [0.2, 0.25) is 0 Å². The Morgan fingerprint density at radius 1 is 1.27 bits per heavy atom. The lowest BCUT2D eigenvalue weighted by molar-refractivity contribution is 0.627. The Bertz CT molecular complexity index is 751. The Kier molecular flexibility index (Phi) is 4.66. The van der Waals surface area contributed by atoms with Crippen molar-refractivity contribution in [3.63, 3.8) is 0 Å². The largest absolute Gasteiger partial charge is 0.388 e. The number of aryl methyl sites for hydroxylation is 1. The van der Waals surface area contributed by atoms with Crippen molar-refractivity contribution in [2.24, 2.45) is 0 Å². The zero-order chi connectivity index (χ0) is 16.3. The van der Waals surface area contributed by atoms with E-state index in [9.17, 15) is 4.39 Å². The van der Waals surface area contributed by atoms with Crippen LogP contribution in [0.15, 0.2) is 37.4 Å². The molecular formula is C19H21FN2. The van der Waals surface area contributed by atoms with E-state index in [0.29, 0.717) is 0 Å². The van der Waals surface area contributed by atoms with Crippen LogP contribution < -0.4 is 5.32 Å². The number of aromatic amines is 1. The first-order valence-corrected chi connectivity index (χ1v) is 7.15. The first-order valence-electron chi connectivity index (χ1n) is 7.15. The Labute approximate surface area is 131 Å². The maximum Gasteiger partial charge on any atom is 0.123 e. The summed E-state index contributed by atoms with van der Waals surface area (Å²) in [6.45, 7) is 11.8. The van der Waals surface area contributed by atoms with E-state index in [-0.39, 0.29) is 5.82 Å². The average Bonchev–Trinajstić information content (AvgIpc) is 2.78. The van der Waals surface area contributed by atoms with Crippen LogP contribution in [0.5, 0.6) is 0 Å². The Morgan fingerprint density at radius 2 is 2.00 bits per heavy atom. The van der Waals surface area contributed by atoms with Crippen LogP contribution in [0.1, 0.15) is 28.1 Å². The molecular weight excluding hydrogens is 275 g/mol. The van der Waals surface area contributed by atoms with Crippen molar-refractivity contribution in [2.75, 3.05) is 12.4 Å². The van der Waals surface area contributed by atoms with Gasteiger partial charge in [0.2, 0.25) is 0 Å². The second kappa shape index (κ2) is 6.48. The van der Waals surface area contributed by atoms with Gasteiger partial charge in [0.15, 0.2) is 0 Å². The maximum atomic E-state index is 13.6. The second-order valence-corrected chi connectivity index (χ2v) is 5.15. The zero-order valence-corrected chi connectivity index (χ0v) is 13.3. The number of H-pyrrole nitrogens is 1. The highest BCUT2D eigenvalue weighted by molar-refractivity contribution is 5.92.